The first-order valence-corrected chi connectivity index (χ1v) is 7.00. The van der Waals surface area contributed by atoms with Crippen LogP contribution in [0.25, 0.3) is 0 Å². The molecule has 1 fully saturated rings. The van der Waals surface area contributed by atoms with Crippen LogP contribution in [0.1, 0.15) is 36.8 Å². The van der Waals surface area contributed by atoms with Crippen LogP contribution in [-0.4, -0.2) is 24.0 Å². The molecule has 2 amide bonds. The minimum Gasteiger partial charge on any atom is -0.397 e. The Labute approximate surface area is 115 Å². The van der Waals surface area contributed by atoms with Crippen molar-refractivity contribution >= 4 is 17.4 Å². The number of nitrogens with one attached hydrogen (secondary N) is 1. The maximum atomic E-state index is 12.2. The van der Waals surface area contributed by atoms with Crippen molar-refractivity contribution in [2.75, 3.05) is 24.1 Å². The average Bonchev–Trinajstić information content (AvgIpc) is 2.64. The highest BCUT2D eigenvalue weighted by molar-refractivity contribution is 5.93. The summed E-state index contributed by atoms with van der Waals surface area (Å²) in [6, 6.07) is 3.82. The number of rotatable bonds is 1. The van der Waals surface area contributed by atoms with Gasteiger partial charge in [-0.15, -0.1) is 0 Å². The number of nitrogens with zero attached hydrogens (tertiary/aromatic N) is 1. The quantitative estimate of drug-likeness (QED) is 0.762. The van der Waals surface area contributed by atoms with Crippen LogP contribution in [0.15, 0.2) is 12.1 Å². The standard InChI is InChI=1S/C15H23N3O/c1-11-9-13(16)14(10-12(11)2)17-15(19)18-7-5-3-4-6-8-18/h9-10H,3-8,16H2,1-2H3,(H,17,19). The van der Waals surface area contributed by atoms with Crippen molar-refractivity contribution in [3.8, 4) is 0 Å². The van der Waals surface area contributed by atoms with Crippen molar-refractivity contribution in [1.82, 2.24) is 4.90 Å². The van der Waals surface area contributed by atoms with E-state index >= 15 is 0 Å². The maximum absolute atomic E-state index is 12.2. The second kappa shape index (κ2) is 5.95. The first-order chi connectivity index (χ1) is 9.08. The van der Waals surface area contributed by atoms with Gasteiger partial charge >= 0.3 is 6.03 Å². The van der Waals surface area contributed by atoms with Gasteiger partial charge in [0.05, 0.1) is 11.4 Å². The zero-order valence-corrected chi connectivity index (χ0v) is 11.8. The predicted molar refractivity (Wildman–Crippen MR) is 79.4 cm³/mol. The zero-order chi connectivity index (χ0) is 13.8. The topological polar surface area (TPSA) is 58.4 Å². The number of carbonyl (C=O) groups excluding carboxylic acids is 1. The van der Waals surface area contributed by atoms with Crippen LogP contribution in [-0.2, 0) is 0 Å². The smallest absolute Gasteiger partial charge is 0.321 e. The van der Waals surface area contributed by atoms with Gasteiger partial charge in [0, 0.05) is 13.1 Å². The number of nitrogen functional groups attached to an aromatic ring is 1. The minimum absolute atomic E-state index is 0.0307. The zero-order valence-electron chi connectivity index (χ0n) is 11.8. The summed E-state index contributed by atoms with van der Waals surface area (Å²) in [6.07, 6.45) is 4.62. The first kappa shape index (κ1) is 13.7. The Morgan fingerprint density at radius 3 is 2.32 bits per heavy atom. The van der Waals surface area contributed by atoms with E-state index in [9.17, 15) is 4.79 Å². The van der Waals surface area contributed by atoms with E-state index in [1.807, 2.05) is 30.9 Å². The minimum atomic E-state index is -0.0307. The average molecular weight is 261 g/mol. The van der Waals surface area contributed by atoms with E-state index in [-0.39, 0.29) is 6.03 Å². The van der Waals surface area contributed by atoms with E-state index in [0.717, 1.165) is 42.7 Å². The number of benzene rings is 1. The molecule has 1 aromatic carbocycles. The molecule has 4 nitrogen and oxygen atoms in total. The Kier molecular flexibility index (Phi) is 4.30. The summed E-state index contributed by atoms with van der Waals surface area (Å²) < 4.78 is 0. The lowest BCUT2D eigenvalue weighted by atomic mass is 10.1. The van der Waals surface area contributed by atoms with Crippen molar-refractivity contribution in [2.45, 2.75) is 39.5 Å². The fourth-order valence-electron chi connectivity index (χ4n) is 2.41. The van der Waals surface area contributed by atoms with E-state index in [1.54, 1.807) is 0 Å². The van der Waals surface area contributed by atoms with Crippen molar-refractivity contribution in [2.24, 2.45) is 0 Å². The van der Waals surface area contributed by atoms with Crippen LogP contribution < -0.4 is 11.1 Å². The van der Waals surface area contributed by atoms with Gasteiger partial charge in [-0.25, -0.2) is 4.79 Å². The molecule has 1 saturated heterocycles. The van der Waals surface area contributed by atoms with Gasteiger partial charge in [0.15, 0.2) is 0 Å². The molecule has 1 aliphatic heterocycles. The highest BCUT2D eigenvalue weighted by Crippen LogP contribution is 2.23. The van der Waals surface area contributed by atoms with Crippen LogP contribution in [0, 0.1) is 13.8 Å². The van der Waals surface area contributed by atoms with Gasteiger partial charge < -0.3 is 16.0 Å². The Hall–Kier alpha value is -1.71. The van der Waals surface area contributed by atoms with E-state index < -0.39 is 0 Å². The lowest BCUT2D eigenvalue weighted by molar-refractivity contribution is 0.214. The molecule has 0 aromatic heterocycles. The van der Waals surface area contributed by atoms with Gasteiger partial charge in [-0.05, 0) is 49.9 Å². The van der Waals surface area contributed by atoms with Gasteiger partial charge in [-0.3, -0.25) is 0 Å². The molecule has 0 aliphatic carbocycles. The maximum Gasteiger partial charge on any atom is 0.321 e. The van der Waals surface area contributed by atoms with Crippen molar-refractivity contribution in [1.29, 1.82) is 0 Å². The van der Waals surface area contributed by atoms with E-state index in [2.05, 4.69) is 5.32 Å². The van der Waals surface area contributed by atoms with E-state index in [4.69, 9.17) is 5.73 Å². The van der Waals surface area contributed by atoms with Gasteiger partial charge in [0.2, 0.25) is 0 Å². The van der Waals surface area contributed by atoms with Crippen LogP contribution in [0.3, 0.4) is 0 Å². The number of urea groups is 1. The molecule has 0 bridgehead atoms. The highest BCUT2D eigenvalue weighted by Gasteiger charge is 2.16. The van der Waals surface area contributed by atoms with Crippen molar-refractivity contribution in [3.63, 3.8) is 0 Å². The largest absolute Gasteiger partial charge is 0.397 e. The molecule has 1 aliphatic rings. The third-order valence-corrected chi connectivity index (χ3v) is 3.80. The summed E-state index contributed by atoms with van der Waals surface area (Å²) in [5, 5.41) is 2.94. The third-order valence-electron chi connectivity index (χ3n) is 3.80. The second-order valence-corrected chi connectivity index (χ2v) is 5.36. The molecule has 3 N–H and O–H groups in total. The number of anilines is 2. The summed E-state index contributed by atoms with van der Waals surface area (Å²) in [4.78, 5) is 14.1. The lowest BCUT2D eigenvalue weighted by Crippen LogP contribution is -2.35. The Morgan fingerprint density at radius 2 is 1.68 bits per heavy atom. The molecule has 0 radical (unpaired) electrons. The van der Waals surface area contributed by atoms with Crippen LogP contribution in [0.2, 0.25) is 0 Å². The lowest BCUT2D eigenvalue weighted by Gasteiger charge is -2.21. The molecule has 104 valence electrons. The van der Waals surface area contributed by atoms with Crippen molar-refractivity contribution < 1.29 is 4.79 Å². The number of hydrogen-bond donors (Lipinski definition) is 2. The van der Waals surface area contributed by atoms with Crippen molar-refractivity contribution in [3.05, 3.63) is 23.3 Å². The first-order valence-electron chi connectivity index (χ1n) is 7.00. The Balaban J connectivity index is 2.07. The second-order valence-electron chi connectivity index (χ2n) is 5.36. The summed E-state index contributed by atoms with van der Waals surface area (Å²) in [5.41, 5.74) is 9.60. The number of aryl methyl sites for hydroxylation is 2. The molecule has 4 heteroatoms. The molecule has 0 saturated carbocycles. The van der Waals surface area contributed by atoms with Gasteiger partial charge in [-0.2, -0.15) is 0 Å². The molecule has 2 rings (SSSR count). The van der Waals surface area contributed by atoms with E-state index in [0.29, 0.717) is 5.69 Å². The molecule has 0 atom stereocenters. The van der Waals surface area contributed by atoms with Gasteiger partial charge in [0.1, 0.15) is 0 Å². The SMILES string of the molecule is Cc1cc(N)c(NC(=O)N2CCCCCC2)cc1C. The van der Waals surface area contributed by atoms with E-state index in [1.165, 1.54) is 12.8 Å². The monoisotopic (exact) mass is 261 g/mol. The van der Waals surface area contributed by atoms with Gasteiger partial charge in [0.25, 0.3) is 0 Å². The number of nitrogens with two attached hydrogens (primary N) is 1. The molecular weight excluding hydrogens is 238 g/mol. The van der Waals surface area contributed by atoms with Crippen LogP contribution >= 0.6 is 0 Å². The summed E-state index contributed by atoms with van der Waals surface area (Å²) in [5.74, 6) is 0. The normalized spacial score (nSPS) is 16.0. The third kappa shape index (κ3) is 3.40. The molecule has 1 aromatic rings. The molecule has 0 unspecified atom stereocenters. The summed E-state index contributed by atoms with van der Waals surface area (Å²) in [7, 11) is 0. The fourth-order valence-corrected chi connectivity index (χ4v) is 2.41. The molecule has 0 spiro atoms. The number of likely N-dealkylation sites (tertiary alicyclic amines) is 1. The molecule has 1 heterocycles. The molecule has 19 heavy (non-hydrogen) atoms. The number of amides is 2. The van der Waals surface area contributed by atoms with Gasteiger partial charge in [-0.1, -0.05) is 12.8 Å². The van der Waals surface area contributed by atoms with Crippen LogP contribution in [0.4, 0.5) is 16.2 Å². The Morgan fingerprint density at radius 1 is 1.11 bits per heavy atom. The molecular formula is C15H23N3O. The number of carbonyl (C=O) groups is 1. The fraction of sp³-hybridized carbons (Fsp3) is 0.533. The number of hydrogen-bond acceptors (Lipinski definition) is 2. The Bertz CT molecular complexity index is 463. The van der Waals surface area contributed by atoms with Crippen LogP contribution in [0.5, 0.6) is 0 Å². The summed E-state index contributed by atoms with van der Waals surface area (Å²) in [6.45, 7) is 5.73. The highest BCUT2D eigenvalue weighted by atomic mass is 16.2. The summed E-state index contributed by atoms with van der Waals surface area (Å²) >= 11 is 0. The predicted octanol–water partition coefficient (Wildman–Crippen LogP) is 3.29.